The third-order valence-electron chi connectivity index (χ3n) is 3.91. The van der Waals surface area contributed by atoms with Crippen LogP contribution in [0.3, 0.4) is 0 Å². The maximum atomic E-state index is 6.11. The van der Waals surface area contributed by atoms with E-state index in [1.54, 1.807) is 34.1 Å². The summed E-state index contributed by atoms with van der Waals surface area (Å²) in [6, 6.07) is 9.10. The molecule has 0 bridgehead atoms. The minimum Gasteiger partial charge on any atom is -0.358 e. The molecule has 3 aromatic heterocycles. The summed E-state index contributed by atoms with van der Waals surface area (Å²) in [6.07, 6.45) is 2.69. The highest BCUT2D eigenvalue weighted by Crippen LogP contribution is 2.26. The number of rotatable bonds is 5. The zero-order valence-electron chi connectivity index (χ0n) is 13.8. The van der Waals surface area contributed by atoms with Gasteiger partial charge in [0, 0.05) is 47.2 Å². The van der Waals surface area contributed by atoms with Gasteiger partial charge in [0.15, 0.2) is 11.5 Å². The number of hydrogen-bond donors (Lipinski definition) is 0. The molecule has 132 valence electrons. The number of hydrogen-bond acceptors (Lipinski definition) is 6. The van der Waals surface area contributed by atoms with E-state index in [0.717, 1.165) is 29.4 Å². The second-order valence-corrected chi connectivity index (χ2v) is 7.59. The minimum atomic E-state index is 0.543. The third kappa shape index (κ3) is 3.51. The summed E-state index contributed by atoms with van der Waals surface area (Å²) >= 11 is 13.9. The SMILES string of the molecule is CN(CCc1nccs1)c1ccc2nnc(-c3cc(Cl)cc(Cl)c3)n2n1. The maximum absolute atomic E-state index is 6.11. The molecule has 9 heteroatoms. The monoisotopic (exact) mass is 404 g/mol. The lowest BCUT2D eigenvalue weighted by atomic mass is 10.2. The van der Waals surface area contributed by atoms with Gasteiger partial charge in [-0.2, -0.15) is 4.52 Å². The highest BCUT2D eigenvalue weighted by atomic mass is 35.5. The van der Waals surface area contributed by atoms with Gasteiger partial charge in [0.2, 0.25) is 0 Å². The Kier molecular flexibility index (Phi) is 4.76. The minimum absolute atomic E-state index is 0.543. The van der Waals surface area contributed by atoms with Gasteiger partial charge in [-0.25, -0.2) is 4.98 Å². The number of nitrogens with zero attached hydrogens (tertiary/aromatic N) is 6. The molecule has 0 saturated heterocycles. The molecule has 0 saturated carbocycles. The van der Waals surface area contributed by atoms with Crippen LogP contribution in [0.5, 0.6) is 0 Å². The van der Waals surface area contributed by atoms with Crippen LogP contribution in [0.4, 0.5) is 5.82 Å². The van der Waals surface area contributed by atoms with Crippen LogP contribution in [0.2, 0.25) is 10.0 Å². The standard InChI is InChI=1S/C17H14Cl2N6S/c1-24(6-4-16-20-5-7-26-16)15-3-2-14-21-22-17(25(14)23-15)11-8-12(18)10-13(19)9-11/h2-3,5,7-10H,4,6H2,1H3. The predicted molar refractivity (Wildman–Crippen MR) is 105 cm³/mol. The van der Waals surface area contributed by atoms with E-state index < -0.39 is 0 Å². The fourth-order valence-corrected chi connectivity index (χ4v) is 3.74. The second kappa shape index (κ2) is 7.19. The van der Waals surface area contributed by atoms with Gasteiger partial charge in [-0.3, -0.25) is 0 Å². The van der Waals surface area contributed by atoms with Crippen molar-refractivity contribution < 1.29 is 0 Å². The van der Waals surface area contributed by atoms with Crippen LogP contribution in [-0.4, -0.2) is 38.4 Å². The number of likely N-dealkylation sites (N-methyl/N-ethyl adjacent to an activating group) is 1. The van der Waals surface area contributed by atoms with Crippen LogP contribution in [0.25, 0.3) is 17.0 Å². The molecule has 4 aromatic rings. The van der Waals surface area contributed by atoms with Crippen molar-refractivity contribution in [3.8, 4) is 11.4 Å². The third-order valence-corrected chi connectivity index (χ3v) is 5.18. The average molecular weight is 405 g/mol. The summed E-state index contributed by atoms with van der Waals surface area (Å²) in [5.41, 5.74) is 1.43. The van der Waals surface area contributed by atoms with Crippen molar-refractivity contribution >= 4 is 46.0 Å². The molecule has 0 spiro atoms. The summed E-state index contributed by atoms with van der Waals surface area (Å²) < 4.78 is 1.71. The van der Waals surface area contributed by atoms with Gasteiger partial charge in [0.05, 0.1) is 5.01 Å². The molecule has 0 atom stereocenters. The molecule has 0 radical (unpaired) electrons. The molecule has 0 aliphatic carbocycles. The first kappa shape index (κ1) is 17.2. The molecule has 0 N–H and O–H groups in total. The Morgan fingerprint density at radius 1 is 1.12 bits per heavy atom. The van der Waals surface area contributed by atoms with Crippen LogP contribution < -0.4 is 4.90 Å². The Labute approximate surface area is 164 Å². The van der Waals surface area contributed by atoms with Crippen molar-refractivity contribution in [2.75, 3.05) is 18.5 Å². The Morgan fingerprint density at radius 3 is 2.65 bits per heavy atom. The quantitative estimate of drug-likeness (QED) is 0.497. The van der Waals surface area contributed by atoms with Crippen molar-refractivity contribution in [2.45, 2.75) is 6.42 Å². The normalized spacial score (nSPS) is 11.2. The van der Waals surface area contributed by atoms with Gasteiger partial charge in [0.1, 0.15) is 5.82 Å². The predicted octanol–water partition coefficient (Wildman–Crippen LogP) is 4.23. The number of benzene rings is 1. The van der Waals surface area contributed by atoms with Gasteiger partial charge < -0.3 is 4.90 Å². The van der Waals surface area contributed by atoms with Gasteiger partial charge in [-0.15, -0.1) is 26.6 Å². The number of fused-ring (bicyclic) bond motifs is 1. The Hall–Kier alpha value is -2.22. The zero-order valence-corrected chi connectivity index (χ0v) is 16.1. The lowest BCUT2D eigenvalue weighted by Crippen LogP contribution is -2.22. The first-order valence-electron chi connectivity index (χ1n) is 7.88. The van der Waals surface area contributed by atoms with Crippen LogP contribution in [0.1, 0.15) is 5.01 Å². The summed E-state index contributed by atoms with van der Waals surface area (Å²) in [4.78, 5) is 6.39. The second-order valence-electron chi connectivity index (χ2n) is 5.74. The fourth-order valence-electron chi connectivity index (χ4n) is 2.60. The Bertz CT molecular complexity index is 1030. The van der Waals surface area contributed by atoms with Gasteiger partial charge in [0.25, 0.3) is 0 Å². The van der Waals surface area contributed by atoms with Crippen molar-refractivity contribution in [3.05, 3.63) is 57.0 Å². The van der Waals surface area contributed by atoms with Gasteiger partial charge in [-0.1, -0.05) is 23.2 Å². The van der Waals surface area contributed by atoms with Crippen molar-refractivity contribution in [1.82, 2.24) is 24.8 Å². The van der Waals surface area contributed by atoms with E-state index in [9.17, 15) is 0 Å². The molecule has 1 aromatic carbocycles. The highest BCUT2D eigenvalue weighted by molar-refractivity contribution is 7.09. The lowest BCUT2D eigenvalue weighted by molar-refractivity contribution is 0.820. The summed E-state index contributed by atoms with van der Waals surface area (Å²) in [5.74, 6) is 1.42. The first-order valence-corrected chi connectivity index (χ1v) is 9.52. The van der Waals surface area contributed by atoms with E-state index in [1.165, 1.54) is 0 Å². The molecule has 4 rings (SSSR count). The number of thiazole rings is 1. The highest BCUT2D eigenvalue weighted by Gasteiger charge is 2.13. The molecular weight excluding hydrogens is 391 g/mol. The van der Waals surface area contributed by atoms with E-state index in [-0.39, 0.29) is 0 Å². The zero-order chi connectivity index (χ0) is 18.1. The fraction of sp³-hybridized carbons (Fsp3) is 0.176. The maximum Gasteiger partial charge on any atom is 0.185 e. The summed E-state index contributed by atoms with van der Waals surface area (Å²) in [6.45, 7) is 0.812. The van der Waals surface area contributed by atoms with Crippen LogP contribution in [-0.2, 0) is 6.42 Å². The molecule has 6 nitrogen and oxygen atoms in total. The number of halogens is 2. The molecule has 0 amide bonds. The van der Waals surface area contributed by atoms with Crippen LogP contribution in [0.15, 0.2) is 41.9 Å². The summed E-state index contributed by atoms with van der Waals surface area (Å²) in [7, 11) is 2.00. The van der Waals surface area contributed by atoms with E-state index in [2.05, 4.69) is 25.2 Å². The number of aromatic nitrogens is 5. The summed E-state index contributed by atoms with van der Waals surface area (Å²) in [5, 5.41) is 17.3. The molecule has 26 heavy (non-hydrogen) atoms. The van der Waals surface area contributed by atoms with E-state index in [0.29, 0.717) is 21.5 Å². The molecule has 0 aliphatic heterocycles. The average Bonchev–Trinajstić information content (AvgIpc) is 3.27. The first-order chi connectivity index (χ1) is 12.6. The van der Waals surface area contributed by atoms with Crippen molar-refractivity contribution in [3.63, 3.8) is 0 Å². The van der Waals surface area contributed by atoms with Crippen LogP contribution >= 0.6 is 34.5 Å². The van der Waals surface area contributed by atoms with Crippen molar-refractivity contribution in [2.24, 2.45) is 0 Å². The Balaban J connectivity index is 1.65. The molecule has 0 unspecified atom stereocenters. The molecular formula is C17H14Cl2N6S. The topological polar surface area (TPSA) is 59.2 Å². The largest absolute Gasteiger partial charge is 0.358 e. The van der Waals surface area contributed by atoms with E-state index >= 15 is 0 Å². The van der Waals surface area contributed by atoms with Crippen molar-refractivity contribution in [1.29, 1.82) is 0 Å². The van der Waals surface area contributed by atoms with Gasteiger partial charge in [-0.05, 0) is 30.3 Å². The van der Waals surface area contributed by atoms with Crippen LogP contribution in [0, 0.1) is 0 Å². The molecule has 0 fully saturated rings. The smallest absolute Gasteiger partial charge is 0.185 e. The molecule has 3 heterocycles. The molecule has 0 aliphatic rings. The van der Waals surface area contributed by atoms with E-state index in [1.807, 2.05) is 30.8 Å². The lowest BCUT2D eigenvalue weighted by Gasteiger charge is -2.17. The van der Waals surface area contributed by atoms with Gasteiger partial charge >= 0.3 is 0 Å². The Morgan fingerprint density at radius 2 is 1.92 bits per heavy atom. The van der Waals surface area contributed by atoms with E-state index in [4.69, 9.17) is 23.2 Å². The number of anilines is 1.